The Morgan fingerprint density at radius 3 is 2.75 bits per heavy atom. The Hall–Kier alpha value is -1.38. The molecule has 0 aliphatic rings. The topological polar surface area (TPSA) is 33.1 Å². The van der Waals surface area contributed by atoms with Gasteiger partial charge in [-0.05, 0) is 18.6 Å². The molecule has 0 saturated carbocycles. The van der Waals surface area contributed by atoms with Crippen LogP contribution in [0.15, 0.2) is 42.7 Å². The van der Waals surface area contributed by atoms with E-state index in [0.29, 0.717) is 5.02 Å². The lowest BCUT2D eigenvalue weighted by Crippen LogP contribution is -2.01. The number of rotatable bonds is 2. The fourth-order valence-corrected chi connectivity index (χ4v) is 1.83. The highest BCUT2D eigenvalue weighted by Gasteiger charge is 2.14. The monoisotopic (exact) mass is 233 g/mol. The van der Waals surface area contributed by atoms with Gasteiger partial charge in [-0.25, -0.2) is 0 Å². The first-order chi connectivity index (χ1) is 7.70. The number of nitrogens with zero attached hydrogens (tertiary/aromatic N) is 1. The van der Waals surface area contributed by atoms with E-state index < -0.39 is 6.10 Å². The second-order valence-corrected chi connectivity index (χ2v) is 4.04. The third-order valence-corrected chi connectivity index (χ3v) is 3.03. The summed E-state index contributed by atoms with van der Waals surface area (Å²) in [5.74, 6) is 0. The van der Waals surface area contributed by atoms with Gasteiger partial charge in [-0.15, -0.1) is 0 Å². The van der Waals surface area contributed by atoms with Crippen LogP contribution in [0.2, 0.25) is 5.02 Å². The van der Waals surface area contributed by atoms with Gasteiger partial charge in [0.25, 0.3) is 0 Å². The fourth-order valence-electron chi connectivity index (χ4n) is 1.60. The number of aromatic nitrogens is 1. The number of pyridine rings is 1. The maximum atomic E-state index is 10.2. The molecule has 0 aliphatic heterocycles. The smallest absolute Gasteiger partial charge is 0.107 e. The maximum absolute atomic E-state index is 10.2. The van der Waals surface area contributed by atoms with Crippen LogP contribution in [0.5, 0.6) is 0 Å². The van der Waals surface area contributed by atoms with Crippen LogP contribution in [-0.4, -0.2) is 10.1 Å². The molecule has 0 aliphatic carbocycles. The van der Waals surface area contributed by atoms with E-state index in [0.717, 1.165) is 16.7 Å². The minimum atomic E-state index is -0.721. The third kappa shape index (κ3) is 2.08. The average Bonchev–Trinajstić information content (AvgIpc) is 2.33. The Bertz CT molecular complexity index is 485. The Morgan fingerprint density at radius 2 is 2.06 bits per heavy atom. The van der Waals surface area contributed by atoms with Crippen LogP contribution < -0.4 is 0 Å². The number of aliphatic hydroxyl groups excluding tert-OH is 1. The van der Waals surface area contributed by atoms with Gasteiger partial charge < -0.3 is 5.11 Å². The first-order valence-electron chi connectivity index (χ1n) is 5.03. The number of hydrogen-bond acceptors (Lipinski definition) is 2. The zero-order chi connectivity index (χ0) is 11.5. The van der Waals surface area contributed by atoms with E-state index in [9.17, 15) is 5.11 Å². The van der Waals surface area contributed by atoms with Crippen molar-refractivity contribution in [3.63, 3.8) is 0 Å². The highest BCUT2D eigenvalue weighted by molar-refractivity contribution is 6.32. The van der Waals surface area contributed by atoms with Gasteiger partial charge in [0.05, 0.1) is 0 Å². The van der Waals surface area contributed by atoms with E-state index in [-0.39, 0.29) is 0 Å². The van der Waals surface area contributed by atoms with Crippen LogP contribution in [0.1, 0.15) is 22.8 Å². The summed E-state index contributed by atoms with van der Waals surface area (Å²) in [6, 6.07) is 9.25. The Labute approximate surface area is 99.5 Å². The van der Waals surface area contributed by atoms with E-state index in [1.807, 2.05) is 31.2 Å². The first kappa shape index (κ1) is 11.1. The van der Waals surface area contributed by atoms with Gasteiger partial charge in [-0.2, -0.15) is 0 Å². The van der Waals surface area contributed by atoms with Crippen LogP contribution >= 0.6 is 11.6 Å². The second-order valence-electron chi connectivity index (χ2n) is 3.67. The summed E-state index contributed by atoms with van der Waals surface area (Å²) in [5.41, 5.74) is 2.42. The van der Waals surface area contributed by atoms with Crippen molar-refractivity contribution in [1.29, 1.82) is 0 Å². The fraction of sp³-hybridized carbons (Fsp3) is 0.154. The molecular weight excluding hydrogens is 222 g/mol. The summed E-state index contributed by atoms with van der Waals surface area (Å²) in [7, 11) is 0. The van der Waals surface area contributed by atoms with Gasteiger partial charge in [0.15, 0.2) is 0 Å². The van der Waals surface area contributed by atoms with Crippen LogP contribution in [0.3, 0.4) is 0 Å². The van der Waals surface area contributed by atoms with Crippen molar-refractivity contribution in [1.82, 2.24) is 4.98 Å². The second kappa shape index (κ2) is 4.64. The largest absolute Gasteiger partial charge is 0.384 e. The quantitative estimate of drug-likeness (QED) is 0.865. The lowest BCUT2D eigenvalue weighted by atomic mass is 10.0. The summed E-state index contributed by atoms with van der Waals surface area (Å²) < 4.78 is 0. The van der Waals surface area contributed by atoms with Crippen molar-refractivity contribution < 1.29 is 5.11 Å². The normalized spacial score (nSPS) is 12.4. The van der Waals surface area contributed by atoms with Gasteiger partial charge in [0.2, 0.25) is 0 Å². The summed E-state index contributed by atoms with van der Waals surface area (Å²) in [4.78, 5) is 3.98. The first-order valence-corrected chi connectivity index (χ1v) is 5.41. The van der Waals surface area contributed by atoms with E-state index >= 15 is 0 Å². The van der Waals surface area contributed by atoms with Gasteiger partial charge in [0, 0.05) is 28.5 Å². The molecule has 0 saturated heterocycles. The molecule has 2 aromatic rings. The van der Waals surface area contributed by atoms with Crippen LogP contribution in [-0.2, 0) is 0 Å². The van der Waals surface area contributed by atoms with Crippen LogP contribution in [0, 0.1) is 6.92 Å². The molecule has 1 aromatic carbocycles. The van der Waals surface area contributed by atoms with Crippen molar-refractivity contribution in [2.45, 2.75) is 13.0 Å². The molecule has 3 heteroatoms. The minimum Gasteiger partial charge on any atom is -0.384 e. The average molecular weight is 234 g/mol. The summed E-state index contributed by atoms with van der Waals surface area (Å²) in [5, 5.41) is 10.8. The highest BCUT2D eigenvalue weighted by atomic mass is 35.5. The molecule has 1 atom stereocenters. The Balaban J connectivity index is 2.42. The molecule has 16 heavy (non-hydrogen) atoms. The summed E-state index contributed by atoms with van der Waals surface area (Å²) in [6.07, 6.45) is 2.60. The van der Waals surface area contributed by atoms with Crippen LogP contribution in [0.25, 0.3) is 0 Å². The molecule has 0 spiro atoms. The van der Waals surface area contributed by atoms with E-state index in [2.05, 4.69) is 4.98 Å². The number of aryl methyl sites for hydroxylation is 1. The lowest BCUT2D eigenvalue weighted by Gasteiger charge is -2.13. The molecule has 1 aromatic heterocycles. The van der Waals surface area contributed by atoms with Gasteiger partial charge in [0.1, 0.15) is 6.10 Å². The van der Waals surface area contributed by atoms with Gasteiger partial charge in [-0.3, -0.25) is 4.98 Å². The molecule has 82 valence electrons. The van der Waals surface area contributed by atoms with Crippen molar-refractivity contribution >= 4 is 11.6 Å². The van der Waals surface area contributed by atoms with Crippen LogP contribution in [0.4, 0.5) is 0 Å². The maximum Gasteiger partial charge on any atom is 0.107 e. The van der Waals surface area contributed by atoms with Crippen molar-refractivity contribution in [2.24, 2.45) is 0 Å². The SMILES string of the molecule is Cc1cccc(C(O)c2cccnc2)c1Cl. The zero-order valence-corrected chi connectivity index (χ0v) is 9.65. The standard InChI is InChI=1S/C13H12ClNO/c1-9-4-2-6-11(12(9)14)13(16)10-5-3-7-15-8-10/h2-8,13,16H,1H3. The number of benzene rings is 1. The molecule has 2 nitrogen and oxygen atoms in total. The third-order valence-electron chi connectivity index (χ3n) is 2.52. The summed E-state index contributed by atoms with van der Waals surface area (Å²) >= 11 is 6.16. The van der Waals surface area contributed by atoms with Gasteiger partial charge in [-0.1, -0.05) is 35.9 Å². The lowest BCUT2D eigenvalue weighted by molar-refractivity contribution is 0.220. The Morgan fingerprint density at radius 1 is 1.25 bits per heavy atom. The molecule has 1 N–H and O–H groups in total. The predicted octanol–water partition coefficient (Wildman–Crippen LogP) is 3.13. The zero-order valence-electron chi connectivity index (χ0n) is 8.89. The molecule has 0 bridgehead atoms. The van der Waals surface area contributed by atoms with E-state index in [1.165, 1.54) is 0 Å². The molecule has 1 unspecified atom stereocenters. The number of aliphatic hydroxyl groups is 1. The molecule has 0 amide bonds. The molecular formula is C13H12ClNO. The van der Waals surface area contributed by atoms with E-state index in [1.54, 1.807) is 18.5 Å². The minimum absolute atomic E-state index is 0.610. The number of hydrogen-bond donors (Lipinski definition) is 1. The molecule has 1 heterocycles. The summed E-state index contributed by atoms with van der Waals surface area (Å²) in [6.45, 7) is 1.92. The van der Waals surface area contributed by atoms with Crippen molar-refractivity contribution in [3.05, 3.63) is 64.4 Å². The van der Waals surface area contributed by atoms with E-state index in [4.69, 9.17) is 11.6 Å². The van der Waals surface area contributed by atoms with Gasteiger partial charge >= 0.3 is 0 Å². The predicted molar refractivity (Wildman–Crippen MR) is 64.5 cm³/mol. The van der Waals surface area contributed by atoms with Crippen molar-refractivity contribution in [3.8, 4) is 0 Å². The number of halogens is 1. The highest BCUT2D eigenvalue weighted by Crippen LogP contribution is 2.29. The molecule has 2 rings (SSSR count). The molecule has 0 fully saturated rings. The molecule has 0 radical (unpaired) electrons. The Kier molecular flexibility index (Phi) is 3.22. The van der Waals surface area contributed by atoms with Crippen molar-refractivity contribution in [2.75, 3.05) is 0 Å².